The Bertz CT molecular complexity index is 640. The maximum absolute atomic E-state index is 12.5. The highest BCUT2D eigenvalue weighted by Crippen LogP contribution is 2.34. The van der Waals surface area contributed by atoms with E-state index in [0.29, 0.717) is 6.54 Å². The average molecular weight is 322 g/mol. The standard InChI is InChI=1S/C17H26N2O2S/c1-13-5-4-6-16(11-13)12-18-9-10-19(15(3)14(18)2)22(20,21)17-7-8-17/h4-6,11,14-15,17H,7-10,12H2,1-3H3/t14-,15-/m1/s1. The number of piperazine rings is 1. The van der Waals surface area contributed by atoms with Gasteiger partial charge in [-0.05, 0) is 39.2 Å². The summed E-state index contributed by atoms with van der Waals surface area (Å²) < 4.78 is 26.8. The van der Waals surface area contributed by atoms with Crippen molar-refractivity contribution in [3.05, 3.63) is 35.4 Å². The summed E-state index contributed by atoms with van der Waals surface area (Å²) in [7, 11) is -3.07. The van der Waals surface area contributed by atoms with E-state index in [1.165, 1.54) is 11.1 Å². The lowest BCUT2D eigenvalue weighted by atomic mass is 10.1. The molecule has 122 valence electrons. The van der Waals surface area contributed by atoms with Crippen molar-refractivity contribution in [2.24, 2.45) is 0 Å². The number of nitrogens with zero attached hydrogens (tertiary/aromatic N) is 2. The third kappa shape index (κ3) is 3.07. The maximum atomic E-state index is 12.5. The summed E-state index contributed by atoms with van der Waals surface area (Å²) in [5.74, 6) is 0. The Morgan fingerprint density at radius 2 is 1.86 bits per heavy atom. The Morgan fingerprint density at radius 3 is 2.50 bits per heavy atom. The SMILES string of the molecule is Cc1cccc(CN2CCN(S(=O)(=O)C3CC3)[C@H](C)[C@H]2C)c1. The van der Waals surface area contributed by atoms with Crippen molar-refractivity contribution in [1.82, 2.24) is 9.21 Å². The van der Waals surface area contributed by atoms with Gasteiger partial charge < -0.3 is 0 Å². The van der Waals surface area contributed by atoms with E-state index in [-0.39, 0.29) is 17.3 Å². The van der Waals surface area contributed by atoms with Gasteiger partial charge in [0.15, 0.2) is 0 Å². The normalized spacial score (nSPS) is 28.0. The summed E-state index contributed by atoms with van der Waals surface area (Å²) >= 11 is 0. The van der Waals surface area contributed by atoms with Crippen LogP contribution in [0.4, 0.5) is 0 Å². The third-order valence-corrected chi connectivity index (χ3v) is 7.56. The smallest absolute Gasteiger partial charge is 0.217 e. The van der Waals surface area contributed by atoms with Crippen LogP contribution in [0.15, 0.2) is 24.3 Å². The van der Waals surface area contributed by atoms with E-state index in [0.717, 1.165) is 25.9 Å². The molecule has 1 heterocycles. The van der Waals surface area contributed by atoms with Crippen molar-refractivity contribution in [3.63, 3.8) is 0 Å². The number of hydrogen-bond donors (Lipinski definition) is 0. The molecule has 1 saturated carbocycles. The molecule has 1 saturated heterocycles. The number of rotatable bonds is 4. The number of hydrogen-bond acceptors (Lipinski definition) is 3. The molecule has 2 atom stereocenters. The van der Waals surface area contributed by atoms with Crippen LogP contribution in [0.25, 0.3) is 0 Å². The zero-order valence-corrected chi connectivity index (χ0v) is 14.5. The van der Waals surface area contributed by atoms with Crippen LogP contribution in [-0.2, 0) is 16.6 Å². The first kappa shape index (κ1) is 16.0. The Hall–Kier alpha value is -0.910. The number of aryl methyl sites for hydroxylation is 1. The van der Waals surface area contributed by atoms with Crippen LogP contribution in [0.5, 0.6) is 0 Å². The molecule has 0 N–H and O–H groups in total. The van der Waals surface area contributed by atoms with Crippen LogP contribution in [0.1, 0.15) is 37.8 Å². The zero-order chi connectivity index (χ0) is 15.9. The first-order valence-corrected chi connectivity index (χ1v) is 9.70. The van der Waals surface area contributed by atoms with E-state index >= 15 is 0 Å². The van der Waals surface area contributed by atoms with Gasteiger partial charge >= 0.3 is 0 Å². The van der Waals surface area contributed by atoms with Gasteiger partial charge in [0.25, 0.3) is 0 Å². The van der Waals surface area contributed by atoms with Crippen LogP contribution in [0.3, 0.4) is 0 Å². The average Bonchev–Trinajstić information content (AvgIpc) is 3.29. The lowest BCUT2D eigenvalue weighted by Gasteiger charge is -2.44. The first-order chi connectivity index (χ1) is 10.4. The minimum Gasteiger partial charge on any atom is -0.294 e. The Labute approximate surface area is 134 Å². The van der Waals surface area contributed by atoms with Gasteiger partial charge in [0.05, 0.1) is 5.25 Å². The van der Waals surface area contributed by atoms with E-state index in [1.54, 1.807) is 4.31 Å². The summed E-state index contributed by atoms with van der Waals surface area (Å²) in [4.78, 5) is 2.40. The first-order valence-electron chi connectivity index (χ1n) is 8.20. The van der Waals surface area contributed by atoms with Crippen LogP contribution < -0.4 is 0 Å². The van der Waals surface area contributed by atoms with Gasteiger partial charge in [0, 0.05) is 31.7 Å². The summed E-state index contributed by atoms with van der Waals surface area (Å²) in [6.07, 6.45) is 1.68. The van der Waals surface area contributed by atoms with E-state index in [1.807, 2.05) is 6.92 Å². The molecule has 0 amide bonds. The molecular formula is C17H26N2O2S. The molecule has 1 aliphatic heterocycles. The highest BCUT2D eigenvalue weighted by Gasteiger charge is 2.45. The lowest BCUT2D eigenvalue weighted by molar-refractivity contribution is 0.0785. The van der Waals surface area contributed by atoms with Gasteiger partial charge in [0.1, 0.15) is 0 Å². The minimum atomic E-state index is -3.07. The molecule has 0 unspecified atom stereocenters. The second-order valence-corrected chi connectivity index (χ2v) is 8.96. The zero-order valence-electron chi connectivity index (χ0n) is 13.7. The van der Waals surface area contributed by atoms with Gasteiger partial charge in [-0.1, -0.05) is 29.8 Å². The van der Waals surface area contributed by atoms with E-state index in [4.69, 9.17) is 0 Å². The molecule has 2 aliphatic rings. The highest BCUT2D eigenvalue weighted by molar-refractivity contribution is 7.90. The second kappa shape index (κ2) is 5.95. The van der Waals surface area contributed by atoms with Crippen LogP contribution in [0.2, 0.25) is 0 Å². The van der Waals surface area contributed by atoms with Crippen molar-refractivity contribution in [2.75, 3.05) is 13.1 Å². The molecule has 1 aliphatic carbocycles. The second-order valence-electron chi connectivity index (χ2n) is 6.80. The Balaban J connectivity index is 1.70. The van der Waals surface area contributed by atoms with Crippen molar-refractivity contribution in [1.29, 1.82) is 0 Å². The monoisotopic (exact) mass is 322 g/mol. The Morgan fingerprint density at radius 1 is 1.14 bits per heavy atom. The topological polar surface area (TPSA) is 40.6 Å². The van der Waals surface area contributed by atoms with Crippen LogP contribution >= 0.6 is 0 Å². The van der Waals surface area contributed by atoms with Gasteiger partial charge in [-0.15, -0.1) is 0 Å². The van der Waals surface area contributed by atoms with Crippen LogP contribution in [-0.4, -0.2) is 48.0 Å². The number of benzene rings is 1. The molecule has 0 aromatic heterocycles. The predicted molar refractivity (Wildman–Crippen MR) is 89.2 cm³/mol. The largest absolute Gasteiger partial charge is 0.294 e. The van der Waals surface area contributed by atoms with Gasteiger partial charge in [-0.2, -0.15) is 4.31 Å². The summed E-state index contributed by atoms with van der Waals surface area (Å²) in [6.45, 7) is 8.63. The quantitative estimate of drug-likeness (QED) is 0.854. The molecule has 2 fully saturated rings. The van der Waals surface area contributed by atoms with Gasteiger partial charge in [-0.25, -0.2) is 8.42 Å². The van der Waals surface area contributed by atoms with Gasteiger partial charge in [0.2, 0.25) is 10.0 Å². The molecule has 0 radical (unpaired) electrons. The lowest BCUT2D eigenvalue weighted by Crippen LogP contribution is -2.58. The molecule has 4 nitrogen and oxygen atoms in total. The molecule has 0 spiro atoms. The van der Waals surface area contributed by atoms with E-state index in [2.05, 4.69) is 43.0 Å². The minimum absolute atomic E-state index is 0.0455. The van der Waals surface area contributed by atoms with Crippen molar-refractivity contribution in [3.8, 4) is 0 Å². The molecule has 3 rings (SSSR count). The van der Waals surface area contributed by atoms with Crippen molar-refractivity contribution >= 4 is 10.0 Å². The van der Waals surface area contributed by atoms with Gasteiger partial charge in [-0.3, -0.25) is 4.90 Å². The third-order valence-electron chi connectivity index (χ3n) is 5.08. The predicted octanol–water partition coefficient (Wildman–Crippen LogP) is 2.38. The highest BCUT2D eigenvalue weighted by atomic mass is 32.2. The fourth-order valence-electron chi connectivity index (χ4n) is 3.36. The molecule has 5 heteroatoms. The molecule has 0 bridgehead atoms. The van der Waals surface area contributed by atoms with Crippen LogP contribution in [0, 0.1) is 6.92 Å². The Kier molecular flexibility index (Phi) is 4.32. The number of sulfonamides is 1. The molecule has 1 aromatic rings. The summed E-state index contributed by atoms with van der Waals surface area (Å²) in [5, 5.41) is -0.106. The van der Waals surface area contributed by atoms with E-state index < -0.39 is 10.0 Å². The molecular weight excluding hydrogens is 296 g/mol. The summed E-state index contributed by atoms with van der Waals surface area (Å²) in [6, 6.07) is 8.84. The van der Waals surface area contributed by atoms with Crippen molar-refractivity contribution in [2.45, 2.75) is 57.5 Å². The maximum Gasteiger partial charge on any atom is 0.217 e. The fourth-order valence-corrected chi connectivity index (χ4v) is 5.45. The van der Waals surface area contributed by atoms with Crippen molar-refractivity contribution < 1.29 is 8.42 Å². The molecule has 22 heavy (non-hydrogen) atoms. The fraction of sp³-hybridized carbons (Fsp3) is 0.647. The molecule has 1 aromatic carbocycles. The summed E-state index contributed by atoms with van der Waals surface area (Å²) in [5.41, 5.74) is 2.57. The van der Waals surface area contributed by atoms with E-state index in [9.17, 15) is 8.42 Å².